The molecule has 0 heterocycles. The molecule has 4 nitrogen and oxygen atoms in total. The average molecular weight is 341 g/mol. The zero-order valence-corrected chi connectivity index (χ0v) is 13.2. The maximum Gasteiger partial charge on any atom is 0.315 e. The Morgan fingerprint density at radius 1 is 1.45 bits per heavy atom. The first kappa shape index (κ1) is 15.3. The van der Waals surface area contributed by atoms with Crippen LogP contribution in [0.3, 0.4) is 0 Å². The molecule has 2 amide bonds. The van der Waals surface area contributed by atoms with E-state index in [-0.39, 0.29) is 18.7 Å². The zero-order valence-electron chi connectivity index (χ0n) is 11.7. The van der Waals surface area contributed by atoms with Crippen LogP contribution in [0.2, 0.25) is 0 Å². The van der Waals surface area contributed by atoms with Gasteiger partial charge in [0.05, 0.1) is 0 Å². The summed E-state index contributed by atoms with van der Waals surface area (Å²) in [5.74, 6) is 0.339. The Morgan fingerprint density at radius 3 is 2.95 bits per heavy atom. The number of carbonyl (C=O) groups is 1. The standard InChI is InChI=1S/C15H21BrN2O2/c1-10-3-2-4-12(14(10)16)8-17-15(20)18-13-6-5-11(7-13)9-19/h2-4,11,13,19H,5-9H2,1H3,(H2,17,18,20)/t11-,13+/m1/s1. The summed E-state index contributed by atoms with van der Waals surface area (Å²) in [6, 6.07) is 6.06. The van der Waals surface area contributed by atoms with E-state index in [2.05, 4.69) is 26.6 Å². The SMILES string of the molecule is Cc1cccc(CNC(=O)N[C@H]2CC[C@@H](CO)C2)c1Br. The fourth-order valence-electron chi connectivity index (χ4n) is 2.63. The van der Waals surface area contributed by atoms with Crippen LogP contribution in [0.1, 0.15) is 30.4 Å². The minimum Gasteiger partial charge on any atom is -0.396 e. The van der Waals surface area contributed by atoms with Gasteiger partial charge in [0.2, 0.25) is 0 Å². The minimum absolute atomic E-state index is 0.137. The lowest BCUT2D eigenvalue weighted by Gasteiger charge is -2.14. The number of hydrogen-bond acceptors (Lipinski definition) is 2. The number of aryl methyl sites for hydroxylation is 1. The number of hydrogen-bond donors (Lipinski definition) is 3. The van der Waals surface area contributed by atoms with Gasteiger partial charge in [0.1, 0.15) is 0 Å². The summed E-state index contributed by atoms with van der Waals surface area (Å²) in [5, 5.41) is 14.9. The molecule has 1 fully saturated rings. The van der Waals surface area contributed by atoms with Gasteiger partial charge in [0.15, 0.2) is 0 Å². The molecule has 2 atom stereocenters. The Morgan fingerprint density at radius 2 is 2.25 bits per heavy atom. The van der Waals surface area contributed by atoms with Gasteiger partial charge in [-0.15, -0.1) is 0 Å². The number of rotatable bonds is 4. The van der Waals surface area contributed by atoms with Crippen molar-refractivity contribution in [1.29, 1.82) is 0 Å². The molecule has 0 bridgehead atoms. The average Bonchev–Trinajstić information content (AvgIpc) is 2.88. The topological polar surface area (TPSA) is 61.4 Å². The van der Waals surface area contributed by atoms with E-state index in [0.717, 1.165) is 34.9 Å². The van der Waals surface area contributed by atoms with Crippen molar-refractivity contribution in [1.82, 2.24) is 10.6 Å². The van der Waals surface area contributed by atoms with Crippen molar-refractivity contribution in [3.63, 3.8) is 0 Å². The van der Waals surface area contributed by atoms with Gasteiger partial charge in [-0.05, 0) is 43.2 Å². The third-order valence-corrected chi connectivity index (χ3v) is 4.98. The number of halogens is 1. The second-order valence-corrected chi connectivity index (χ2v) is 6.23. The molecule has 1 aromatic rings. The van der Waals surface area contributed by atoms with Gasteiger partial charge >= 0.3 is 6.03 Å². The van der Waals surface area contributed by atoms with Crippen LogP contribution in [-0.2, 0) is 6.54 Å². The van der Waals surface area contributed by atoms with E-state index in [0.29, 0.717) is 12.5 Å². The van der Waals surface area contributed by atoms with E-state index in [4.69, 9.17) is 5.11 Å². The van der Waals surface area contributed by atoms with Crippen LogP contribution in [0.5, 0.6) is 0 Å². The molecular weight excluding hydrogens is 320 g/mol. The monoisotopic (exact) mass is 340 g/mol. The third kappa shape index (κ3) is 3.96. The minimum atomic E-state index is -0.137. The Hall–Kier alpha value is -1.07. The number of benzene rings is 1. The highest BCUT2D eigenvalue weighted by molar-refractivity contribution is 9.10. The maximum atomic E-state index is 11.9. The van der Waals surface area contributed by atoms with Gasteiger partial charge in [-0.2, -0.15) is 0 Å². The first-order valence-corrected chi connectivity index (χ1v) is 7.78. The number of amides is 2. The van der Waals surface area contributed by atoms with E-state index < -0.39 is 0 Å². The molecule has 0 aromatic heterocycles. The smallest absolute Gasteiger partial charge is 0.315 e. The number of aliphatic hydroxyl groups is 1. The van der Waals surface area contributed by atoms with Crippen LogP contribution < -0.4 is 10.6 Å². The van der Waals surface area contributed by atoms with Crippen molar-refractivity contribution < 1.29 is 9.90 Å². The predicted octanol–water partition coefficient (Wildman–Crippen LogP) is 2.72. The lowest BCUT2D eigenvalue weighted by Crippen LogP contribution is -2.40. The molecule has 1 aliphatic rings. The summed E-state index contributed by atoms with van der Waals surface area (Å²) in [7, 11) is 0. The lowest BCUT2D eigenvalue weighted by molar-refractivity contribution is 0.223. The van der Waals surface area contributed by atoms with E-state index in [9.17, 15) is 4.79 Å². The molecule has 1 aromatic carbocycles. The lowest BCUT2D eigenvalue weighted by atomic mass is 10.1. The van der Waals surface area contributed by atoms with Crippen LogP contribution in [0.15, 0.2) is 22.7 Å². The van der Waals surface area contributed by atoms with Crippen LogP contribution in [0, 0.1) is 12.8 Å². The zero-order chi connectivity index (χ0) is 14.5. The van der Waals surface area contributed by atoms with Gasteiger partial charge in [-0.1, -0.05) is 34.1 Å². The Bertz CT molecular complexity index is 479. The molecule has 0 saturated heterocycles. The molecule has 1 aliphatic carbocycles. The molecule has 1 saturated carbocycles. The molecule has 5 heteroatoms. The molecule has 2 rings (SSSR count). The van der Waals surface area contributed by atoms with Crippen molar-refractivity contribution >= 4 is 22.0 Å². The summed E-state index contributed by atoms with van der Waals surface area (Å²) in [6.45, 7) is 2.75. The summed E-state index contributed by atoms with van der Waals surface area (Å²) in [4.78, 5) is 11.9. The second kappa shape index (κ2) is 7.09. The van der Waals surface area contributed by atoms with E-state index in [1.165, 1.54) is 0 Å². The Balaban J connectivity index is 1.79. The first-order valence-electron chi connectivity index (χ1n) is 6.99. The van der Waals surface area contributed by atoms with Crippen LogP contribution >= 0.6 is 15.9 Å². The van der Waals surface area contributed by atoms with Crippen molar-refractivity contribution in [3.05, 3.63) is 33.8 Å². The summed E-state index contributed by atoms with van der Waals surface area (Å²) in [6.07, 6.45) is 2.82. The predicted molar refractivity (Wildman–Crippen MR) is 82.5 cm³/mol. The van der Waals surface area contributed by atoms with Crippen LogP contribution in [0.4, 0.5) is 4.79 Å². The van der Waals surface area contributed by atoms with Crippen molar-refractivity contribution in [2.75, 3.05) is 6.61 Å². The van der Waals surface area contributed by atoms with Crippen molar-refractivity contribution in [2.45, 2.75) is 38.8 Å². The third-order valence-electron chi connectivity index (χ3n) is 3.85. The summed E-state index contributed by atoms with van der Waals surface area (Å²) >= 11 is 3.54. The number of nitrogens with one attached hydrogen (secondary N) is 2. The molecule has 0 aliphatic heterocycles. The molecule has 0 unspecified atom stereocenters. The molecule has 0 radical (unpaired) electrons. The largest absolute Gasteiger partial charge is 0.396 e. The molecule has 110 valence electrons. The maximum absolute atomic E-state index is 11.9. The van der Waals surface area contributed by atoms with Gasteiger partial charge in [0, 0.05) is 23.7 Å². The van der Waals surface area contributed by atoms with Crippen molar-refractivity contribution in [2.24, 2.45) is 5.92 Å². The quantitative estimate of drug-likeness (QED) is 0.789. The van der Waals surface area contributed by atoms with Gasteiger partial charge in [-0.3, -0.25) is 0 Å². The number of urea groups is 1. The Kier molecular flexibility index (Phi) is 5.43. The first-order chi connectivity index (χ1) is 9.60. The number of carbonyl (C=O) groups excluding carboxylic acids is 1. The Labute approximate surface area is 128 Å². The molecule has 3 N–H and O–H groups in total. The second-order valence-electron chi connectivity index (χ2n) is 5.43. The summed E-state index contributed by atoms with van der Waals surface area (Å²) in [5.41, 5.74) is 2.23. The highest BCUT2D eigenvalue weighted by Crippen LogP contribution is 2.25. The van der Waals surface area contributed by atoms with E-state index >= 15 is 0 Å². The van der Waals surface area contributed by atoms with Crippen LogP contribution in [-0.4, -0.2) is 23.8 Å². The summed E-state index contributed by atoms with van der Waals surface area (Å²) < 4.78 is 1.04. The number of aliphatic hydroxyl groups excluding tert-OH is 1. The molecular formula is C15H21BrN2O2. The van der Waals surface area contributed by atoms with Crippen molar-refractivity contribution in [3.8, 4) is 0 Å². The van der Waals surface area contributed by atoms with Gasteiger partial charge < -0.3 is 15.7 Å². The van der Waals surface area contributed by atoms with Gasteiger partial charge in [0.25, 0.3) is 0 Å². The highest BCUT2D eigenvalue weighted by atomic mass is 79.9. The molecule has 0 spiro atoms. The van der Waals surface area contributed by atoms with Gasteiger partial charge in [-0.25, -0.2) is 4.79 Å². The van der Waals surface area contributed by atoms with E-state index in [1.54, 1.807) is 0 Å². The fourth-order valence-corrected chi connectivity index (χ4v) is 3.03. The van der Waals surface area contributed by atoms with E-state index in [1.807, 2.05) is 25.1 Å². The highest BCUT2D eigenvalue weighted by Gasteiger charge is 2.25. The normalized spacial score (nSPS) is 21.8. The molecule has 20 heavy (non-hydrogen) atoms. The fraction of sp³-hybridized carbons (Fsp3) is 0.533. The van der Waals surface area contributed by atoms with Crippen LogP contribution in [0.25, 0.3) is 0 Å².